The summed E-state index contributed by atoms with van der Waals surface area (Å²) < 4.78 is 0. The van der Waals surface area contributed by atoms with Gasteiger partial charge in [-0.15, -0.1) is 0 Å². The van der Waals surface area contributed by atoms with Gasteiger partial charge in [-0.2, -0.15) is 5.26 Å². The Bertz CT molecular complexity index is 765. The van der Waals surface area contributed by atoms with Crippen LogP contribution in [0.1, 0.15) is 11.3 Å². The minimum absolute atomic E-state index is 0.626. The third-order valence-corrected chi connectivity index (χ3v) is 2.87. The molecule has 1 N–H and O–H groups in total. The van der Waals surface area contributed by atoms with E-state index in [2.05, 4.69) is 21.0 Å². The Balaban J connectivity index is 2.20. The van der Waals surface area contributed by atoms with Gasteiger partial charge in [-0.25, -0.2) is 4.98 Å². The molecule has 0 fully saturated rings. The van der Waals surface area contributed by atoms with Crippen molar-refractivity contribution in [2.45, 2.75) is 6.92 Å². The summed E-state index contributed by atoms with van der Waals surface area (Å²) in [6, 6.07) is 11.4. The van der Waals surface area contributed by atoms with Crippen LogP contribution < -0.4 is 0 Å². The van der Waals surface area contributed by atoms with Gasteiger partial charge in [-0.3, -0.25) is 4.98 Å². The summed E-state index contributed by atoms with van der Waals surface area (Å²) in [5.41, 5.74) is 4.25. The number of nitrogens with one attached hydrogen (secondary N) is 1. The minimum atomic E-state index is 0.626. The molecule has 4 heteroatoms. The Labute approximate surface area is 104 Å². The number of H-pyrrole nitrogens is 1. The summed E-state index contributed by atoms with van der Waals surface area (Å²) in [6.07, 6.45) is 1.76. The van der Waals surface area contributed by atoms with E-state index >= 15 is 0 Å². The molecule has 0 saturated carbocycles. The molecule has 0 bridgehead atoms. The smallest absolute Gasteiger partial charge is 0.140 e. The molecule has 0 atom stereocenters. The summed E-state index contributed by atoms with van der Waals surface area (Å²) >= 11 is 0. The lowest BCUT2D eigenvalue weighted by atomic mass is 10.2. The lowest BCUT2D eigenvalue weighted by molar-refractivity contribution is 1.18. The van der Waals surface area contributed by atoms with Crippen LogP contribution in [0.15, 0.2) is 36.5 Å². The quantitative estimate of drug-likeness (QED) is 0.704. The van der Waals surface area contributed by atoms with Crippen molar-refractivity contribution in [1.29, 1.82) is 5.26 Å². The zero-order valence-electron chi connectivity index (χ0n) is 9.81. The standard InChI is InChI=1S/C14H10N4/c1-9-11(3-2-6-16-9)14-17-12-5-4-10(8-15)7-13(12)18-14/h2-7H,1H3,(H,17,18). The third-order valence-electron chi connectivity index (χ3n) is 2.87. The minimum Gasteiger partial charge on any atom is -0.338 e. The molecule has 3 rings (SSSR count). The van der Waals surface area contributed by atoms with Gasteiger partial charge in [-0.1, -0.05) is 0 Å². The van der Waals surface area contributed by atoms with Crippen molar-refractivity contribution in [1.82, 2.24) is 15.0 Å². The first kappa shape index (κ1) is 10.5. The number of hydrogen-bond donors (Lipinski definition) is 1. The molecule has 0 aliphatic heterocycles. The molecule has 18 heavy (non-hydrogen) atoms. The van der Waals surface area contributed by atoms with Gasteiger partial charge in [-0.05, 0) is 37.3 Å². The maximum Gasteiger partial charge on any atom is 0.140 e. The van der Waals surface area contributed by atoms with Crippen molar-refractivity contribution in [3.05, 3.63) is 47.8 Å². The SMILES string of the molecule is Cc1ncccc1-c1nc2ccc(C#N)cc2[nH]1. The molecule has 86 valence electrons. The Morgan fingerprint density at radius 1 is 1.28 bits per heavy atom. The molecule has 1 aromatic carbocycles. The van der Waals surface area contributed by atoms with Gasteiger partial charge in [0.2, 0.25) is 0 Å². The van der Waals surface area contributed by atoms with Crippen LogP contribution >= 0.6 is 0 Å². The van der Waals surface area contributed by atoms with E-state index in [-0.39, 0.29) is 0 Å². The number of hydrogen-bond acceptors (Lipinski definition) is 3. The molecular formula is C14H10N4. The molecule has 4 nitrogen and oxygen atoms in total. The van der Waals surface area contributed by atoms with Crippen molar-refractivity contribution < 1.29 is 0 Å². The van der Waals surface area contributed by atoms with E-state index in [1.807, 2.05) is 25.1 Å². The van der Waals surface area contributed by atoms with Crippen LogP contribution in [-0.2, 0) is 0 Å². The first-order valence-corrected chi connectivity index (χ1v) is 5.60. The van der Waals surface area contributed by atoms with Gasteiger partial charge < -0.3 is 4.98 Å². The number of rotatable bonds is 1. The second-order valence-corrected chi connectivity index (χ2v) is 4.07. The molecule has 0 saturated heterocycles. The van der Waals surface area contributed by atoms with Crippen LogP contribution in [0.3, 0.4) is 0 Å². The van der Waals surface area contributed by atoms with Crippen LogP contribution in [0.25, 0.3) is 22.4 Å². The lowest BCUT2D eigenvalue weighted by Gasteiger charge is -1.99. The van der Waals surface area contributed by atoms with Crippen molar-refractivity contribution in [3.8, 4) is 17.5 Å². The first-order chi connectivity index (χ1) is 8.78. The fourth-order valence-electron chi connectivity index (χ4n) is 1.94. The number of nitriles is 1. The van der Waals surface area contributed by atoms with Gasteiger partial charge in [0.05, 0.1) is 22.7 Å². The summed E-state index contributed by atoms with van der Waals surface area (Å²) in [5, 5.41) is 8.87. The zero-order chi connectivity index (χ0) is 12.5. The molecule has 0 unspecified atom stereocenters. The van der Waals surface area contributed by atoms with Gasteiger partial charge in [0.1, 0.15) is 5.82 Å². The number of aromatic nitrogens is 3. The predicted octanol–water partition coefficient (Wildman–Crippen LogP) is 2.81. The second-order valence-electron chi connectivity index (χ2n) is 4.07. The monoisotopic (exact) mass is 234 g/mol. The van der Waals surface area contributed by atoms with E-state index in [0.29, 0.717) is 5.56 Å². The Kier molecular flexibility index (Phi) is 2.31. The number of aromatic amines is 1. The summed E-state index contributed by atoms with van der Waals surface area (Å²) in [4.78, 5) is 12.0. The highest BCUT2D eigenvalue weighted by molar-refractivity contribution is 5.80. The van der Waals surface area contributed by atoms with Crippen molar-refractivity contribution in [2.75, 3.05) is 0 Å². The summed E-state index contributed by atoms with van der Waals surface area (Å²) in [5.74, 6) is 0.783. The maximum atomic E-state index is 8.87. The van der Waals surface area contributed by atoms with Crippen molar-refractivity contribution in [3.63, 3.8) is 0 Å². The highest BCUT2D eigenvalue weighted by Crippen LogP contribution is 2.22. The van der Waals surface area contributed by atoms with Gasteiger partial charge in [0.25, 0.3) is 0 Å². The van der Waals surface area contributed by atoms with Gasteiger partial charge >= 0.3 is 0 Å². The Morgan fingerprint density at radius 2 is 2.17 bits per heavy atom. The van der Waals surface area contributed by atoms with Crippen LogP contribution in [-0.4, -0.2) is 15.0 Å². The number of benzene rings is 1. The Morgan fingerprint density at radius 3 is 2.94 bits per heavy atom. The fourth-order valence-corrected chi connectivity index (χ4v) is 1.94. The molecule has 0 spiro atoms. The fraction of sp³-hybridized carbons (Fsp3) is 0.0714. The predicted molar refractivity (Wildman–Crippen MR) is 68.8 cm³/mol. The van der Waals surface area contributed by atoms with Crippen molar-refractivity contribution in [2.24, 2.45) is 0 Å². The largest absolute Gasteiger partial charge is 0.338 e. The first-order valence-electron chi connectivity index (χ1n) is 5.60. The number of nitrogens with zero attached hydrogens (tertiary/aromatic N) is 3. The van der Waals surface area contributed by atoms with Crippen LogP contribution in [0.5, 0.6) is 0 Å². The van der Waals surface area contributed by atoms with Crippen LogP contribution in [0, 0.1) is 18.3 Å². The summed E-state index contributed by atoms with van der Waals surface area (Å²) in [6.45, 7) is 1.95. The third kappa shape index (κ3) is 1.62. The van der Waals surface area contributed by atoms with Gasteiger partial charge in [0, 0.05) is 17.5 Å². The van der Waals surface area contributed by atoms with E-state index in [1.165, 1.54) is 0 Å². The molecule has 0 aliphatic carbocycles. The molecule has 2 aromatic heterocycles. The zero-order valence-corrected chi connectivity index (χ0v) is 9.81. The van der Waals surface area contributed by atoms with E-state index < -0.39 is 0 Å². The molecule has 0 amide bonds. The van der Waals surface area contributed by atoms with E-state index in [9.17, 15) is 0 Å². The number of aryl methyl sites for hydroxylation is 1. The summed E-state index contributed by atoms with van der Waals surface area (Å²) in [7, 11) is 0. The normalized spacial score (nSPS) is 10.4. The molecule has 0 radical (unpaired) electrons. The topological polar surface area (TPSA) is 65.4 Å². The second kappa shape index (κ2) is 3.97. The number of imidazole rings is 1. The molecule has 3 aromatic rings. The van der Waals surface area contributed by atoms with Crippen LogP contribution in [0.2, 0.25) is 0 Å². The average Bonchev–Trinajstić information content (AvgIpc) is 2.81. The van der Waals surface area contributed by atoms with E-state index in [0.717, 1.165) is 28.1 Å². The van der Waals surface area contributed by atoms with Gasteiger partial charge in [0.15, 0.2) is 0 Å². The molecule has 2 heterocycles. The highest BCUT2D eigenvalue weighted by atomic mass is 14.9. The van der Waals surface area contributed by atoms with Crippen LogP contribution in [0.4, 0.5) is 0 Å². The van der Waals surface area contributed by atoms with Crippen molar-refractivity contribution >= 4 is 11.0 Å². The number of pyridine rings is 1. The average molecular weight is 234 g/mol. The lowest BCUT2D eigenvalue weighted by Crippen LogP contribution is -1.87. The highest BCUT2D eigenvalue weighted by Gasteiger charge is 2.08. The number of fused-ring (bicyclic) bond motifs is 1. The van der Waals surface area contributed by atoms with E-state index in [4.69, 9.17) is 5.26 Å². The van der Waals surface area contributed by atoms with E-state index in [1.54, 1.807) is 18.3 Å². The Hall–Kier alpha value is -2.67. The molecular weight excluding hydrogens is 224 g/mol. The molecule has 0 aliphatic rings. The maximum absolute atomic E-state index is 8.87.